The van der Waals surface area contributed by atoms with Gasteiger partial charge in [-0.1, -0.05) is 30.0 Å². The molecule has 1 amide bonds. The Kier molecular flexibility index (Phi) is 5.54. The number of amides is 1. The number of aromatic hydroxyl groups is 1. The number of methoxy groups -OCH3 is 1. The van der Waals surface area contributed by atoms with Crippen LogP contribution in [0.1, 0.15) is 27.0 Å². The quantitative estimate of drug-likeness (QED) is 0.612. The highest BCUT2D eigenvalue weighted by molar-refractivity contribution is 8.13. The lowest BCUT2D eigenvalue weighted by atomic mass is 9.67. The van der Waals surface area contributed by atoms with Gasteiger partial charge in [0.1, 0.15) is 11.6 Å². The molecule has 168 valence electrons. The molecule has 2 aromatic carbocycles. The highest BCUT2D eigenvalue weighted by atomic mass is 32.2. The molecule has 8 heteroatoms. The fraction of sp³-hybridized carbons (Fsp3) is 0.240. The zero-order valence-electron chi connectivity index (χ0n) is 17.9. The summed E-state index contributed by atoms with van der Waals surface area (Å²) in [6.45, 7) is 0. The van der Waals surface area contributed by atoms with Crippen molar-refractivity contribution >= 4 is 22.8 Å². The number of nitrogens with one attached hydrogen (secondary N) is 1. The zero-order valence-corrected chi connectivity index (χ0v) is 18.7. The summed E-state index contributed by atoms with van der Waals surface area (Å²) in [4.78, 5) is 22.1. The Morgan fingerprint density at radius 2 is 2.06 bits per heavy atom. The lowest BCUT2D eigenvalue weighted by Gasteiger charge is -2.45. The first kappa shape index (κ1) is 21.5. The summed E-state index contributed by atoms with van der Waals surface area (Å²) in [5, 5.41) is 13.5. The smallest absolute Gasteiger partial charge is 0.257 e. The first-order valence-electron chi connectivity index (χ1n) is 10.6. The molecule has 33 heavy (non-hydrogen) atoms. The third-order valence-electron chi connectivity index (χ3n) is 6.29. The van der Waals surface area contributed by atoms with E-state index in [0.29, 0.717) is 40.8 Å². The number of phenolic OH excluding ortho intramolecular Hbond substituents is 1. The molecule has 6 nitrogen and oxygen atoms in total. The van der Waals surface area contributed by atoms with Gasteiger partial charge in [0.2, 0.25) is 5.88 Å². The van der Waals surface area contributed by atoms with E-state index in [-0.39, 0.29) is 17.6 Å². The molecule has 5 rings (SSSR count). The molecule has 3 aromatic rings. The van der Waals surface area contributed by atoms with Gasteiger partial charge in [0.15, 0.2) is 5.17 Å². The lowest BCUT2D eigenvalue weighted by molar-refractivity contribution is 0.0977. The molecule has 1 aliphatic carbocycles. The number of aromatic nitrogens is 1. The second-order valence-electron chi connectivity index (χ2n) is 8.17. The minimum absolute atomic E-state index is 0.0354. The van der Waals surface area contributed by atoms with E-state index in [1.165, 1.54) is 30.0 Å². The fourth-order valence-electron chi connectivity index (χ4n) is 4.68. The van der Waals surface area contributed by atoms with Crippen molar-refractivity contribution in [2.24, 2.45) is 10.9 Å². The minimum Gasteiger partial charge on any atom is -0.508 e. The summed E-state index contributed by atoms with van der Waals surface area (Å²) in [5.74, 6) is 0.306. The highest BCUT2D eigenvalue weighted by Gasteiger charge is 2.49. The van der Waals surface area contributed by atoms with Crippen LogP contribution in [0.2, 0.25) is 0 Å². The molecule has 0 spiro atoms. The van der Waals surface area contributed by atoms with E-state index in [1.807, 2.05) is 12.1 Å². The first-order valence-corrected chi connectivity index (χ1v) is 11.6. The van der Waals surface area contributed by atoms with Crippen LogP contribution >= 0.6 is 11.8 Å². The summed E-state index contributed by atoms with van der Waals surface area (Å²) < 4.78 is 20.7. The van der Waals surface area contributed by atoms with Crippen LogP contribution in [0.25, 0.3) is 0 Å². The van der Waals surface area contributed by atoms with E-state index in [4.69, 9.17) is 9.73 Å². The summed E-state index contributed by atoms with van der Waals surface area (Å²) >= 11 is 1.45. The molecule has 2 atom stereocenters. The molecule has 2 N–H and O–H groups in total. The summed E-state index contributed by atoms with van der Waals surface area (Å²) in [6, 6.07) is 14.9. The van der Waals surface area contributed by atoms with Crippen LogP contribution in [0.5, 0.6) is 11.6 Å². The van der Waals surface area contributed by atoms with Gasteiger partial charge in [-0.3, -0.25) is 4.79 Å². The maximum absolute atomic E-state index is 15.2. The summed E-state index contributed by atoms with van der Waals surface area (Å²) in [6.07, 6.45) is 2.71. The average molecular weight is 464 g/mol. The van der Waals surface area contributed by atoms with Crippen LogP contribution in [0.15, 0.2) is 65.8 Å². The third-order valence-corrected chi connectivity index (χ3v) is 7.33. The number of ether oxygens (including phenoxy) is 1. The Bertz CT molecular complexity index is 1250. The number of carbonyl (C=O) groups is 1. The van der Waals surface area contributed by atoms with Crippen LogP contribution in [0.3, 0.4) is 0 Å². The number of thioether (sulfide) groups is 1. The Morgan fingerprint density at radius 3 is 2.85 bits per heavy atom. The number of nitrogens with zero attached hydrogens (tertiary/aromatic N) is 2. The number of aliphatic imine (C=N–C) groups is 1. The molecule has 0 bridgehead atoms. The van der Waals surface area contributed by atoms with Gasteiger partial charge in [-0.25, -0.2) is 14.4 Å². The van der Waals surface area contributed by atoms with Crippen molar-refractivity contribution in [1.29, 1.82) is 0 Å². The molecule has 1 aromatic heterocycles. The van der Waals surface area contributed by atoms with Gasteiger partial charge in [-0.15, -0.1) is 0 Å². The predicted molar refractivity (Wildman–Crippen MR) is 125 cm³/mol. The predicted octanol–water partition coefficient (Wildman–Crippen LogP) is 4.08. The van der Waals surface area contributed by atoms with E-state index in [9.17, 15) is 9.90 Å². The SMILES string of the molecule is COc1nccc2c1C[C@]1(c3cc(O)ccc3F)N=C(NC(=O)c3ccccc3)SC[C@@H]1C2. The van der Waals surface area contributed by atoms with Crippen molar-refractivity contribution in [3.05, 3.63) is 88.9 Å². The molecule has 0 saturated heterocycles. The number of phenols is 1. The zero-order chi connectivity index (χ0) is 23.0. The molecular formula is C25H22FN3O3S. The van der Waals surface area contributed by atoms with Gasteiger partial charge in [-0.05, 0) is 48.4 Å². The number of amidine groups is 1. The Hall–Kier alpha value is -3.39. The number of rotatable bonds is 3. The van der Waals surface area contributed by atoms with Crippen molar-refractivity contribution in [2.75, 3.05) is 12.9 Å². The van der Waals surface area contributed by atoms with Gasteiger partial charge < -0.3 is 15.2 Å². The summed E-state index contributed by atoms with van der Waals surface area (Å²) in [7, 11) is 1.56. The molecule has 2 heterocycles. The average Bonchev–Trinajstić information content (AvgIpc) is 2.84. The largest absolute Gasteiger partial charge is 0.508 e. The van der Waals surface area contributed by atoms with E-state index in [1.54, 1.807) is 37.6 Å². The molecular weight excluding hydrogens is 441 g/mol. The van der Waals surface area contributed by atoms with E-state index < -0.39 is 11.4 Å². The maximum atomic E-state index is 15.2. The second kappa shape index (κ2) is 8.51. The first-order chi connectivity index (χ1) is 16.0. The van der Waals surface area contributed by atoms with Gasteiger partial charge >= 0.3 is 0 Å². The van der Waals surface area contributed by atoms with Crippen LogP contribution in [-0.4, -0.2) is 34.0 Å². The van der Waals surface area contributed by atoms with Crippen molar-refractivity contribution in [3.63, 3.8) is 0 Å². The Morgan fingerprint density at radius 1 is 1.24 bits per heavy atom. The van der Waals surface area contributed by atoms with Gasteiger partial charge in [0, 0.05) is 41.0 Å². The van der Waals surface area contributed by atoms with Crippen LogP contribution in [0, 0.1) is 11.7 Å². The number of fused-ring (bicyclic) bond motifs is 2. The van der Waals surface area contributed by atoms with E-state index in [2.05, 4.69) is 10.3 Å². The van der Waals surface area contributed by atoms with Crippen molar-refractivity contribution < 1.29 is 19.0 Å². The normalized spacial score (nSPS) is 21.4. The minimum atomic E-state index is -1.02. The number of pyridine rings is 1. The maximum Gasteiger partial charge on any atom is 0.257 e. The molecule has 0 radical (unpaired) electrons. The molecule has 0 fully saturated rings. The van der Waals surface area contributed by atoms with Crippen molar-refractivity contribution in [2.45, 2.75) is 18.4 Å². The lowest BCUT2D eigenvalue weighted by Crippen LogP contribution is -2.48. The molecule has 2 aliphatic rings. The Labute approximate surface area is 194 Å². The van der Waals surface area contributed by atoms with Gasteiger partial charge in [-0.2, -0.15) is 0 Å². The summed E-state index contributed by atoms with van der Waals surface area (Å²) in [5.41, 5.74) is 1.76. The number of halogens is 1. The highest BCUT2D eigenvalue weighted by Crippen LogP contribution is 2.50. The number of carbonyl (C=O) groups excluding carboxylic acids is 1. The third kappa shape index (κ3) is 3.84. The van der Waals surface area contributed by atoms with Crippen LogP contribution in [-0.2, 0) is 18.4 Å². The number of hydrogen-bond donors (Lipinski definition) is 2. The molecule has 0 unspecified atom stereocenters. The van der Waals surface area contributed by atoms with Crippen LogP contribution in [0.4, 0.5) is 4.39 Å². The van der Waals surface area contributed by atoms with Crippen molar-refractivity contribution in [1.82, 2.24) is 10.3 Å². The van der Waals surface area contributed by atoms with Gasteiger partial charge in [0.25, 0.3) is 5.91 Å². The van der Waals surface area contributed by atoms with Crippen molar-refractivity contribution in [3.8, 4) is 11.6 Å². The Balaban J connectivity index is 1.62. The molecule has 0 saturated carbocycles. The monoisotopic (exact) mass is 463 g/mol. The topological polar surface area (TPSA) is 83.8 Å². The number of benzene rings is 2. The second-order valence-corrected chi connectivity index (χ2v) is 9.18. The fourth-order valence-corrected chi connectivity index (χ4v) is 5.82. The van der Waals surface area contributed by atoms with Crippen LogP contribution < -0.4 is 10.1 Å². The van der Waals surface area contributed by atoms with E-state index >= 15 is 4.39 Å². The standard InChI is InChI=1S/C25H22FN3O3S/c1-32-23-19-13-25(20-12-18(30)7-8-21(20)26)17(11-16(19)9-10-27-23)14-33-24(29-25)28-22(31)15-5-3-2-4-6-15/h2-10,12,17,30H,11,13-14H2,1H3,(H,28,29,31)/t17-,25-/m0/s1. The van der Waals surface area contributed by atoms with E-state index in [0.717, 1.165) is 11.1 Å². The number of hydrogen-bond acceptors (Lipinski definition) is 6. The van der Waals surface area contributed by atoms with Gasteiger partial charge in [0.05, 0.1) is 12.6 Å². The molecule has 1 aliphatic heterocycles.